The van der Waals surface area contributed by atoms with Gasteiger partial charge < -0.3 is 9.64 Å². The maximum absolute atomic E-state index is 12.5. The van der Waals surface area contributed by atoms with E-state index in [1.807, 2.05) is 29.0 Å². The molecule has 0 saturated carbocycles. The molecule has 2 aromatic rings. The summed E-state index contributed by atoms with van der Waals surface area (Å²) in [5.41, 5.74) is 0.890. The molecular formula is C16H15NO3S2. The van der Waals surface area contributed by atoms with E-state index < -0.39 is 12.0 Å². The molecule has 1 unspecified atom stereocenters. The molecule has 22 heavy (non-hydrogen) atoms. The van der Waals surface area contributed by atoms with Gasteiger partial charge in [-0.1, -0.05) is 6.07 Å². The Morgan fingerprint density at radius 1 is 1.32 bits per heavy atom. The lowest BCUT2D eigenvalue weighted by Gasteiger charge is -2.33. The van der Waals surface area contributed by atoms with Crippen LogP contribution in [0.4, 0.5) is 0 Å². The molecule has 0 N–H and O–H groups in total. The van der Waals surface area contributed by atoms with E-state index in [2.05, 4.69) is 0 Å². The third kappa shape index (κ3) is 2.84. The van der Waals surface area contributed by atoms with E-state index in [1.54, 1.807) is 33.6 Å². The van der Waals surface area contributed by atoms with Gasteiger partial charge in [-0.15, -0.1) is 22.7 Å². The molecule has 0 radical (unpaired) electrons. The number of ether oxygens (including phenoxy) is 1. The molecule has 1 amide bonds. The first kappa shape index (κ1) is 15.0. The second-order valence-corrected chi connectivity index (χ2v) is 6.84. The van der Waals surface area contributed by atoms with Crippen LogP contribution < -0.4 is 0 Å². The summed E-state index contributed by atoms with van der Waals surface area (Å²) in [4.78, 5) is 28.4. The van der Waals surface area contributed by atoms with E-state index in [4.69, 9.17) is 4.74 Å². The minimum Gasteiger partial charge on any atom is -0.467 e. The molecule has 3 rings (SSSR count). The van der Waals surface area contributed by atoms with Gasteiger partial charge >= 0.3 is 5.97 Å². The SMILES string of the molecule is COC(=O)C1c2ccsc2CCN1C(=O)/C=C/c1cccs1. The van der Waals surface area contributed by atoms with Crippen LogP contribution in [0.2, 0.25) is 0 Å². The molecule has 0 aromatic carbocycles. The largest absolute Gasteiger partial charge is 0.467 e. The van der Waals surface area contributed by atoms with Gasteiger partial charge in [-0.3, -0.25) is 4.79 Å². The zero-order chi connectivity index (χ0) is 15.5. The number of carbonyl (C=O) groups excluding carboxylic acids is 2. The minimum atomic E-state index is -0.638. The number of methoxy groups -OCH3 is 1. The number of esters is 1. The Hall–Kier alpha value is -1.92. The summed E-state index contributed by atoms with van der Waals surface area (Å²) < 4.78 is 4.90. The number of fused-ring (bicyclic) bond motifs is 1. The molecule has 0 saturated heterocycles. The zero-order valence-corrected chi connectivity index (χ0v) is 13.7. The van der Waals surface area contributed by atoms with Gasteiger partial charge in [-0.25, -0.2) is 4.79 Å². The second-order valence-electron chi connectivity index (χ2n) is 4.86. The van der Waals surface area contributed by atoms with E-state index in [1.165, 1.54) is 13.2 Å². The van der Waals surface area contributed by atoms with Crippen molar-refractivity contribution in [2.24, 2.45) is 0 Å². The highest BCUT2D eigenvalue weighted by Crippen LogP contribution is 2.34. The molecule has 1 atom stereocenters. The third-order valence-electron chi connectivity index (χ3n) is 3.61. The van der Waals surface area contributed by atoms with Crippen LogP contribution in [0.1, 0.15) is 21.4 Å². The highest BCUT2D eigenvalue weighted by molar-refractivity contribution is 7.10. The predicted octanol–water partition coefficient (Wildman–Crippen LogP) is 3.12. The lowest BCUT2D eigenvalue weighted by Crippen LogP contribution is -2.42. The van der Waals surface area contributed by atoms with Gasteiger partial charge in [0.2, 0.25) is 5.91 Å². The molecule has 1 aliphatic heterocycles. The van der Waals surface area contributed by atoms with Gasteiger partial charge in [0, 0.05) is 22.4 Å². The van der Waals surface area contributed by atoms with Crippen LogP contribution in [-0.2, 0) is 20.7 Å². The van der Waals surface area contributed by atoms with Crippen molar-refractivity contribution in [3.8, 4) is 0 Å². The highest BCUT2D eigenvalue weighted by Gasteiger charge is 2.36. The fourth-order valence-corrected chi connectivity index (χ4v) is 4.08. The van der Waals surface area contributed by atoms with Crippen LogP contribution >= 0.6 is 22.7 Å². The summed E-state index contributed by atoms with van der Waals surface area (Å²) in [5, 5.41) is 3.91. The Kier molecular flexibility index (Phi) is 4.40. The first-order valence-electron chi connectivity index (χ1n) is 6.87. The molecule has 6 heteroatoms. The van der Waals surface area contributed by atoms with Gasteiger partial charge in [0.05, 0.1) is 7.11 Å². The van der Waals surface area contributed by atoms with Gasteiger partial charge in [0.25, 0.3) is 0 Å². The van der Waals surface area contributed by atoms with Crippen molar-refractivity contribution in [2.75, 3.05) is 13.7 Å². The van der Waals surface area contributed by atoms with Crippen LogP contribution in [0.5, 0.6) is 0 Å². The number of nitrogens with zero attached hydrogens (tertiary/aromatic N) is 1. The Morgan fingerprint density at radius 3 is 2.91 bits per heavy atom. The van der Waals surface area contributed by atoms with Crippen LogP contribution in [0.3, 0.4) is 0 Å². The molecule has 0 spiro atoms. The van der Waals surface area contributed by atoms with Crippen molar-refractivity contribution in [3.63, 3.8) is 0 Å². The van der Waals surface area contributed by atoms with E-state index in [0.29, 0.717) is 6.54 Å². The maximum Gasteiger partial charge on any atom is 0.333 e. The molecule has 4 nitrogen and oxygen atoms in total. The molecule has 2 aromatic heterocycles. The lowest BCUT2D eigenvalue weighted by molar-refractivity contribution is -0.152. The number of rotatable bonds is 3. The zero-order valence-electron chi connectivity index (χ0n) is 12.0. The van der Waals surface area contributed by atoms with Crippen molar-refractivity contribution >= 4 is 40.6 Å². The normalized spacial score (nSPS) is 17.5. The van der Waals surface area contributed by atoms with Crippen molar-refractivity contribution in [2.45, 2.75) is 12.5 Å². The molecule has 1 aliphatic rings. The number of hydrogen-bond donors (Lipinski definition) is 0. The summed E-state index contributed by atoms with van der Waals surface area (Å²) in [6.07, 6.45) is 4.09. The van der Waals surface area contributed by atoms with Crippen molar-refractivity contribution in [1.29, 1.82) is 0 Å². The summed E-state index contributed by atoms with van der Waals surface area (Å²) in [6, 6.07) is 5.15. The fourth-order valence-electron chi connectivity index (χ4n) is 2.55. The average Bonchev–Trinajstić information content (AvgIpc) is 3.21. The molecule has 0 bridgehead atoms. The van der Waals surface area contributed by atoms with Crippen molar-refractivity contribution < 1.29 is 14.3 Å². The average molecular weight is 333 g/mol. The summed E-state index contributed by atoms with van der Waals surface area (Å²) in [7, 11) is 1.35. The Labute approximate surface area is 136 Å². The van der Waals surface area contributed by atoms with Crippen LogP contribution in [-0.4, -0.2) is 30.4 Å². The summed E-state index contributed by atoms with van der Waals surface area (Å²) in [6.45, 7) is 0.529. The monoisotopic (exact) mass is 333 g/mol. The van der Waals surface area contributed by atoms with E-state index in [0.717, 1.165) is 21.7 Å². The number of carbonyl (C=O) groups is 2. The Bertz CT molecular complexity index is 703. The number of hydrogen-bond acceptors (Lipinski definition) is 5. The first-order chi connectivity index (χ1) is 10.7. The minimum absolute atomic E-state index is 0.166. The summed E-state index contributed by atoms with van der Waals surface area (Å²) >= 11 is 3.19. The maximum atomic E-state index is 12.5. The number of thiophene rings is 2. The Morgan fingerprint density at radius 2 is 2.18 bits per heavy atom. The topological polar surface area (TPSA) is 46.6 Å². The smallest absolute Gasteiger partial charge is 0.333 e. The van der Waals surface area contributed by atoms with E-state index in [-0.39, 0.29) is 5.91 Å². The fraction of sp³-hybridized carbons (Fsp3) is 0.250. The van der Waals surface area contributed by atoms with Gasteiger partial charge in [0.15, 0.2) is 6.04 Å². The third-order valence-corrected chi connectivity index (χ3v) is 5.44. The summed E-state index contributed by atoms with van der Waals surface area (Å²) in [5.74, 6) is -0.558. The van der Waals surface area contributed by atoms with Gasteiger partial charge in [-0.2, -0.15) is 0 Å². The molecule has 0 fully saturated rings. The molecular weight excluding hydrogens is 318 g/mol. The van der Waals surface area contributed by atoms with E-state index >= 15 is 0 Å². The van der Waals surface area contributed by atoms with Crippen LogP contribution in [0.15, 0.2) is 35.0 Å². The van der Waals surface area contributed by atoms with Crippen molar-refractivity contribution in [1.82, 2.24) is 4.90 Å². The standard InChI is InChI=1S/C16H15NO3S2/c1-20-16(19)15-12-7-10-22-13(12)6-8-17(15)14(18)5-4-11-3-2-9-21-11/h2-5,7,9-10,15H,6,8H2,1H3/b5-4+. The first-order valence-corrected chi connectivity index (χ1v) is 8.63. The molecule has 3 heterocycles. The van der Waals surface area contributed by atoms with Gasteiger partial charge in [0.1, 0.15) is 0 Å². The quantitative estimate of drug-likeness (QED) is 0.640. The van der Waals surface area contributed by atoms with Crippen LogP contribution in [0.25, 0.3) is 6.08 Å². The van der Waals surface area contributed by atoms with Gasteiger partial charge in [-0.05, 0) is 41.0 Å². The molecule has 0 aliphatic carbocycles. The van der Waals surface area contributed by atoms with E-state index in [9.17, 15) is 9.59 Å². The lowest BCUT2D eigenvalue weighted by atomic mass is 10.00. The predicted molar refractivity (Wildman–Crippen MR) is 87.8 cm³/mol. The number of amides is 1. The molecule has 114 valence electrons. The Balaban J connectivity index is 1.85. The van der Waals surface area contributed by atoms with Crippen LogP contribution in [0, 0.1) is 0 Å². The van der Waals surface area contributed by atoms with Crippen molar-refractivity contribution in [3.05, 3.63) is 50.4 Å². The highest BCUT2D eigenvalue weighted by atomic mass is 32.1. The second kappa shape index (κ2) is 6.46.